The fourth-order valence-corrected chi connectivity index (χ4v) is 3.90. The first-order valence-corrected chi connectivity index (χ1v) is 10.00. The average Bonchev–Trinajstić information content (AvgIpc) is 2.88. The first kappa shape index (κ1) is 15.5. The third kappa shape index (κ3) is 3.60. The molecule has 0 aliphatic heterocycles. The second kappa shape index (κ2) is 5.48. The molecule has 1 N–H and O–H groups in total. The van der Waals surface area contributed by atoms with Gasteiger partial charge in [0.05, 0.1) is 13.1 Å². The van der Waals surface area contributed by atoms with Crippen LogP contribution in [0.25, 0.3) is 0 Å². The van der Waals surface area contributed by atoms with Crippen LogP contribution in [-0.2, 0) is 24.9 Å². The molecule has 2 heterocycles. The highest BCUT2D eigenvalue weighted by Gasteiger charge is 2.24. The number of hydrogen-bond donors (Lipinski definition) is 1. The largest absolute Gasteiger partial charge is 0.386 e. The Balaban J connectivity index is 2.20. The molecule has 0 radical (unpaired) electrons. The van der Waals surface area contributed by atoms with Gasteiger partial charge in [-0.25, -0.2) is 9.67 Å². The third-order valence-corrected chi connectivity index (χ3v) is 5.10. The topological polar surface area (TPSA) is 73.7 Å². The Morgan fingerprint density at radius 1 is 1.30 bits per heavy atom. The molecule has 2 aromatic heterocycles. The molecule has 0 bridgehead atoms. The molecule has 0 fully saturated rings. The molecule has 110 valence electrons. The molecule has 2 rings (SSSR count). The fraction of sp³-hybridized carbons (Fsp3) is 0.600. The molecule has 0 spiro atoms. The van der Waals surface area contributed by atoms with Crippen LogP contribution >= 0.6 is 18.4 Å². The fourth-order valence-electron chi connectivity index (χ4n) is 1.80. The molecular formula is C10H17N6OPS2. The van der Waals surface area contributed by atoms with Crippen molar-refractivity contribution in [2.24, 2.45) is 0 Å². The minimum atomic E-state index is -1.70. The summed E-state index contributed by atoms with van der Waals surface area (Å²) in [6.07, 6.45) is 2.93. The van der Waals surface area contributed by atoms with E-state index in [1.807, 2.05) is 17.7 Å². The van der Waals surface area contributed by atoms with Crippen molar-refractivity contribution in [2.45, 2.75) is 25.6 Å². The lowest BCUT2D eigenvalue weighted by Crippen LogP contribution is -2.36. The molecule has 0 aliphatic carbocycles. The number of nitrogens with zero attached hydrogens (tertiary/aromatic N) is 6. The normalized spacial score (nSPS) is 15.2. The van der Waals surface area contributed by atoms with Gasteiger partial charge in [-0.2, -0.15) is 10.2 Å². The monoisotopic (exact) mass is 332 g/mol. The summed E-state index contributed by atoms with van der Waals surface area (Å²) >= 11 is 10.8. The summed E-state index contributed by atoms with van der Waals surface area (Å²) in [5.74, 6) is 0. The van der Waals surface area contributed by atoms with Gasteiger partial charge in [0.1, 0.15) is 24.6 Å². The zero-order chi connectivity index (χ0) is 15.0. The zero-order valence-corrected chi connectivity index (χ0v) is 14.1. The van der Waals surface area contributed by atoms with E-state index >= 15 is 0 Å². The summed E-state index contributed by atoms with van der Waals surface area (Å²) < 4.78 is 5.55. The molecule has 0 saturated heterocycles. The summed E-state index contributed by atoms with van der Waals surface area (Å²) in [6, 6.07) is 0. The minimum Gasteiger partial charge on any atom is -0.386 e. The summed E-state index contributed by atoms with van der Waals surface area (Å²) in [4.78, 5) is 3.85. The Kier molecular flexibility index (Phi) is 4.24. The minimum absolute atomic E-state index is 0.272. The Bertz CT molecular complexity index is 683. The number of hydrogen-bond acceptors (Lipinski definition) is 6. The van der Waals surface area contributed by atoms with Crippen LogP contribution in [0.15, 0.2) is 19.0 Å². The van der Waals surface area contributed by atoms with Crippen molar-refractivity contribution in [1.82, 2.24) is 28.9 Å². The summed E-state index contributed by atoms with van der Waals surface area (Å²) in [5, 5.41) is 18.7. The molecule has 2 aromatic rings. The number of rotatable bonds is 5. The van der Waals surface area contributed by atoms with Crippen molar-refractivity contribution in [3.8, 4) is 0 Å². The van der Waals surface area contributed by atoms with Crippen molar-refractivity contribution in [2.75, 3.05) is 13.3 Å². The van der Waals surface area contributed by atoms with Gasteiger partial charge in [-0.3, -0.25) is 9.02 Å². The summed E-state index contributed by atoms with van der Waals surface area (Å²) in [7, 11) is 0. The first-order valence-electron chi connectivity index (χ1n) is 5.94. The molecular weight excluding hydrogens is 315 g/mol. The Morgan fingerprint density at radius 3 is 2.50 bits per heavy atom. The van der Waals surface area contributed by atoms with Gasteiger partial charge >= 0.3 is 0 Å². The highest BCUT2D eigenvalue weighted by molar-refractivity contribution is 8.13. The molecule has 7 nitrogen and oxygen atoms in total. The molecule has 1 unspecified atom stereocenters. The lowest BCUT2D eigenvalue weighted by molar-refractivity contribution is 0.0174. The van der Waals surface area contributed by atoms with E-state index in [0.29, 0.717) is 11.3 Å². The second-order valence-electron chi connectivity index (χ2n) is 5.30. The van der Waals surface area contributed by atoms with E-state index in [9.17, 15) is 5.11 Å². The first-order chi connectivity index (χ1) is 9.19. The van der Waals surface area contributed by atoms with Gasteiger partial charge in [0, 0.05) is 6.19 Å². The lowest BCUT2D eigenvalue weighted by Gasteiger charge is -2.22. The number of aromatic nitrogens is 6. The molecule has 0 amide bonds. The average molecular weight is 332 g/mol. The predicted molar refractivity (Wildman–Crippen MR) is 83.2 cm³/mol. The highest BCUT2D eigenvalue weighted by Crippen LogP contribution is 2.38. The standard InChI is InChI=1S/C10H17N6OPS2/c1-10(17,4-14-7-11-6-12-14)5-15-9(19)16(8-13-15)18(2,3)20/h6-8,17H,4-5H2,1-3H3. The highest BCUT2D eigenvalue weighted by atomic mass is 32.4. The van der Waals surface area contributed by atoms with Gasteiger partial charge in [-0.1, -0.05) is 11.8 Å². The van der Waals surface area contributed by atoms with Gasteiger partial charge in [-0.05, 0) is 32.5 Å². The van der Waals surface area contributed by atoms with E-state index in [2.05, 4.69) is 15.2 Å². The Labute approximate surface area is 127 Å². The molecule has 0 aromatic carbocycles. The van der Waals surface area contributed by atoms with Crippen molar-refractivity contribution < 1.29 is 5.11 Å². The third-order valence-electron chi connectivity index (χ3n) is 2.70. The second-order valence-corrected chi connectivity index (χ2v) is 11.4. The van der Waals surface area contributed by atoms with Crippen LogP contribution in [0.2, 0.25) is 0 Å². The lowest BCUT2D eigenvalue weighted by atomic mass is 10.1. The van der Waals surface area contributed by atoms with E-state index in [4.69, 9.17) is 24.0 Å². The van der Waals surface area contributed by atoms with E-state index in [0.717, 1.165) is 0 Å². The summed E-state index contributed by atoms with van der Waals surface area (Å²) in [6.45, 7) is 6.26. The van der Waals surface area contributed by atoms with E-state index in [1.54, 1.807) is 28.9 Å². The SMILES string of the molecule is CC(O)(Cn1cncn1)Cn1ncn(P(C)(C)=S)c1=S. The van der Waals surface area contributed by atoms with Crippen LogP contribution in [0.3, 0.4) is 0 Å². The Hall–Kier alpha value is -0.890. The van der Waals surface area contributed by atoms with Gasteiger partial charge in [0.25, 0.3) is 0 Å². The van der Waals surface area contributed by atoms with Crippen LogP contribution in [0.4, 0.5) is 0 Å². The molecule has 0 aliphatic rings. The van der Waals surface area contributed by atoms with Crippen LogP contribution in [0, 0.1) is 4.77 Å². The van der Waals surface area contributed by atoms with Crippen molar-refractivity contribution >= 4 is 30.2 Å². The van der Waals surface area contributed by atoms with Crippen LogP contribution < -0.4 is 0 Å². The van der Waals surface area contributed by atoms with E-state index in [1.165, 1.54) is 6.33 Å². The zero-order valence-electron chi connectivity index (χ0n) is 11.5. The maximum atomic E-state index is 10.5. The van der Waals surface area contributed by atoms with Crippen LogP contribution in [0.1, 0.15) is 6.92 Å². The van der Waals surface area contributed by atoms with Gasteiger partial charge < -0.3 is 5.11 Å². The number of aliphatic hydroxyl groups is 1. The maximum absolute atomic E-state index is 10.5. The van der Waals surface area contributed by atoms with Crippen LogP contribution in [0.5, 0.6) is 0 Å². The predicted octanol–water partition coefficient (Wildman–Crippen LogP) is 0.959. The molecule has 1 atom stereocenters. The molecule has 10 heteroatoms. The van der Waals surface area contributed by atoms with E-state index in [-0.39, 0.29) is 6.54 Å². The summed E-state index contributed by atoms with van der Waals surface area (Å²) in [5.41, 5.74) is -1.03. The van der Waals surface area contributed by atoms with Crippen LogP contribution in [-0.4, -0.2) is 52.9 Å². The van der Waals surface area contributed by atoms with Crippen molar-refractivity contribution in [3.05, 3.63) is 23.8 Å². The van der Waals surface area contributed by atoms with E-state index < -0.39 is 11.8 Å². The van der Waals surface area contributed by atoms with Gasteiger partial charge in [0.2, 0.25) is 4.77 Å². The Morgan fingerprint density at radius 2 is 2.00 bits per heavy atom. The molecule has 20 heavy (non-hydrogen) atoms. The smallest absolute Gasteiger partial charge is 0.201 e. The van der Waals surface area contributed by atoms with Crippen molar-refractivity contribution in [1.29, 1.82) is 0 Å². The molecule has 0 saturated carbocycles. The van der Waals surface area contributed by atoms with Crippen molar-refractivity contribution in [3.63, 3.8) is 0 Å². The van der Waals surface area contributed by atoms with Gasteiger partial charge in [0.15, 0.2) is 0 Å². The van der Waals surface area contributed by atoms with Gasteiger partial charge in [-0.15, -0.1) is 0 Å². The quantitative estimate of drug-likeness (QED) is 0.649. The maximum Gasteiger partial charge on any atom is 0.201 e.